The number of methoxy groups -OCH3 is 1. The molecule has 3 rings (SSSR count). The number of benzene rings is 2. The Morgan fingerprint density at radius 1 is 1.07 bits per heavy atom. The summed E-state index contributed by atoms with van der Waals surface area (Å²) in [6.45, 7) is 6.99. The molecule has 1 unspecified atom stereocenters. The van der Waals surface area contributed by atoms with Crippen LogP contribution in [0.4, 0.5) is 0 Å². The third kappa shape index (κ3) is 5.73. The average molecular weight is 418 g/mol. The highest BCUT2D eigenvalue weighted by atomic mass is 32.2. The van der Waals surface area contributed by atoms with Gasteiger partial charge in [-0.25, -0.2) is 0 Å². The first-order valence-electron chi connectivity index (χ1n) is 9.62. The molecule has 0 saturated carbocycles. The van der Waals surface area contributed by atoms with Crippen LogP contribution in [0.15, 0.2) is 41.3 Å². The Hall–Kier alpha value is -2.54. The molecule has 0 aromatic heterocycles. The minimum absolute atomic E-state index is 0.0427. The molecule has 0 bridgehead atoms. The van der Waals surface area contributed by atoms with Crippen LogP contribution in [-0.4, -0.2) is 38.1 Å². The second kappa shape index (κ2) is 9.78. The Morgan fingerprint density at radius 3 is 2.55 bits per heavy atom. The standard InChI is InChI=1S/C22H27NO5S/c1-14(2)28-19-7-5-16(11-20(19)25-4)15(3)23-22(24)13-29-17-6-8-18-21(12-17)27-10-9-26-18/h5-8,11-12,14-15H,9-10,13H2,1-4H3,(H,23,24). The zero-order chi connectivity index (χ0) is 20.8. The molecule has 0 spiro atoms. The van der Waals surface area contributed by atoms with E-state index in [0.29, 0.717) is 30.5 Å². The number of ether oxygens (including phenoxy) is 4. The smallest absolute Gasteiger partial charge is 0.230 e. The van der Waals surface area contributed by atoms with Crippen LogP contribution in [-0.2, 0) is 4.79 Å². The number of hydrogen-bond acceptors (Lipinski definition) is 6. The molecule has 2 aromatic carbocycles. The fraction of sp³-hybridized carbons (Fsp3) is 0.409. The SMILES string of the molecule is COc1cc(C(C)NC(=O)CSc2ccc3c(c2)OCCO3)ccc1OC(C)C. The van der Waals surface area contributed by atoms with Crippen LogP contribution in [0.1, 0.15) is 32.4 Å². The van der Waals surface area contributed by atoms with Crippen LogP contribution in [0, 0.1) is 0 Å². The largest absolute Gasteiger partial charge is 0.493 e. The molecular formula is C22H27NO5S. The summed E-state index contributed by atoms with van der Waals surface area (Å²) >= 11 is 1.46. The Bertz CT molecular complexity index is 855. The summed E-state index contributed by atoms with van der Waals surface area (Å²) in [6, 6.07) is 11.3. The Labute approximate surface area is 175 Å². The molecule has 1 heterocycles. The first kappa shape index (κ1) is 21.2. The first-order valence-corrected chi connectivity index (χ1v) is 10.6. The number of hydrogen-bond donors (Lipinski definition) is 1. The van der Waals surface area contributed by atoms with Gasteiger partial charge in [-0.3, -0.25) is 4.79 Å². The molecule has 1 N–H and O–H groups in total. The number of rotatable bonds is 8. The lowest BCUT2D eigenvalue weighted by Gasteiger charge is -2.19. The van der Waals surface area contributed by atoms with Crippen LogP contribution in [0.25, 0.3) is 0 Å². The molecule has 7 heteroatoms. The van der Waals surface area contributed by atoms with Crippen molar-refractivity contribution in [2.45, 2.75) is 37.8 Å². The maximum Gasteiger partial charge on any atom is 0.230 e. The van der Waals surface area contributed by atoms with Gasteiger partial charge in [0.05, 0.1) is 25.0 Å². The monoisotopic (exact) mass is 417 g/mol. The number of carbonyl (C=O) groups is 1. The van der Waals surface area contributed by atoms with Gasteiger partial charge < -0.3 is 24.3 Å². The second-order valence-corrected chi connectivity index (χ2v) is 8.01. The molecule has 1 aliphatic rings. The molecular weight excluding hydrogens is 390 g/mol. The van der Waals surface area contributed by atoms with Gasteiger partial charge in [0.25, 0.3) is 0 Å². The highest BCUT2D eigenvalue weighted by Crippen LogP contribution is 2.34. The Morgan fingerprint density at radius 2 is 1.83 bits per heavy atom. The van der Waals surface area contributed by atoms with Crippen LogP contribution in [0.2, 0.25) is 0 Å². The van der Waals surface area contributed by atoms with Gasteiger partial charge in [0.2, 0.25) is 5.91 Å². The molecule has 0 saturated heterocycles. The van der Waals surface area contributed by atoms with Crippen LogP contribution >= 0.6 is 11.8 Å². The van der Waals surface area contributed by atoms with Crippen molar-refractivity contribution in [3.63, 3.8) is 0 Å². The molecule has 1 atom stereocenters. The van der Waals surface area contributed by atoms with Crippen molar-refractivity contribution in [3.8, 4) is 23.0 Å². The zero-order valence-corrected chi connectivity index (χ0v) is 18.0. The van der Waals surface area contributed by atoms with Crippen LogP contribution < -0.4 is 24.3 Å². The van der Waals surface area contributed by atoms with E-state index in [2.05, 4.69) is 5.32 Å². The summed E-state index contributed by atoms with van der Waals surface area (Å²) in [7, 11) is 1.61. The van der Waals surface area contributed by atoms with Crippen molar-refractivity contribution in [1.29, 1.82) is 0 Å². The number of fused-ring (bicyclic) bond motifs is 1. The number of carbonyl (C=O) groups excluding carboxylic acids is 1. The fourth-order valence-corrected chi connectivity index (χ4v) is 3.67. The molecule has 1 amide bonds. The van der Waals surface area contributed by atoms with E-state index in [4.69, 9.17) is 18.9 Å². The van der Waals surface area contributed by atoms with E-state index in [9.17, 15) is 4.79 Å². The van der Waals surface area contributed by atoms with E-state index in [1.165, 1.54) is 11.8 Å². The van der Waals surface area contributed by atoms with Gasteiger partial charge in [-0.05, 0) is 56.7 Å². The predicted molar refractivity (Wildman–Crippen MR) is 113 cm³/mol. The second-order valence-electron chi connectivity index (χ2n) is 6.96. The van der Waals surface area contributed by atoms with Crippen molar-refractivity contribution >= 4 is 17.7 Å². The highest BCUT2D eigenvalue weighted by molar-refractivity contribution is 8.00. The molecule has 6 nitrogen and oxygen atoms in total. The maximum absolute atomic E-state index is 12.4. The van der Waals surface area contributed by atoms with E-state index < -0.39 is 0 Å². The third-order valence-electron chi connectivity index (χ3n) is 4.31. The molecule has 0 fully saturated rings. The normalized spacial score (nSPS) is 13.7. The quantitative estimate of drug-likeness (QED) is 0.649. The Kier molecular flexibility index (Phi) is 7.14. The van der Waals surface area contributed by atoms with E-state index in [0.717, 1.165) is 22.0 Å². The molecule has 2 aromatic rings. The predicted octanol–water partition coefficient (Wildman–Crippen LogP) is 4.22. The molecule has 0 radical (unpaired) electrons. The van der Waals surface area contributed by atoms with E-state index in [1.54, 1.807) is 7.11 Å². The van der Waals surface area contributed by atoms with E-state index in [-0.39, 0.29) is 18.1 Å². The van der Waals surface area contributed by atoms with E-state index >= 15 is 0 Å². The third-order valence-corrected chi connectivity index (χ3v) is 5.31. The lowest BCUT2D eigenvalue weighted by atomic mass is 10.1. The summed E-state index contributed by atoms with van der Waals surface area (Å²) in [5, 5.41) is 3.03. The van der Waals surface area contributed by atoms with Gasteiger partial charge in [-0.1, -0.05) is 6.07 Å². The summed E-state index contributed by atoms with van der Waals surface area (Å²) in [4.78, 5) is 13.4. The number of amides is 1. The molecule has 29 heavy (non-hydrogen) atoms. The lowest BCUT2D eigenvalue weighted by Crippen LogP contribution is -2.28. The van der Waals surface area contributed by atoms with Gasteiger partial charge in [-0.2, -0.15) is 0 Å². The molecule has 156 valence electrons. The molecule has 1 aliphatic heterocycles. The van der Waals surface area contributed by atoms with E-state index in [1.807, 2.05) is 57.2 Å². The summed E-state index contributed by atoms with van der Waals surface area (Å²) in [5.74, 6) is 3.10. The van der Waals surface area contributed by atoms with Gasteiger partial charge >= 0.3 is 0 Å². The van der Waals surface area contributed by atoms with Gasteiger partial charge in [0.15, 0.2) is 23.0 Å². The van der Waals surface area contributed by atoms with Gasteiger partial charge in [0, 0.05) is 4.90 Å². The lowest BCUT2D eigenvalue weighted by molar-refractivity contribution is -0.119. The number of nitrogens with one attached hydrogen (secondary N) is 1. The van der Waals surface area contributed by atoms with Gasteiger partial charge in [0.1, 0.15) is 13.2 Å². The highest BCUT2D eigenvalue weighted by Gasteiger charge is 2.15. The van der Waals surface area contributed by atoms with Crippen molar-refractivity contribution in [2.24, 2.45) is 0 Å². The average Bonchev–Trinajstić information content (AvgIpc) is 2.72. The maximum atomic E-state index is 12.4. The van der Waals surface area contributed by atoms with Crippen molar-refractivity contribution < 1.29 is 23.7 Å². The summed E-state index contributed by atoms with van der Waals surface area (Å²) in [5.41, 5.74) is 0.954. The first-order chi connectivity index (χ1) is 14.0. The Balaban J connectivity index is 1.56. The zero-order valence-electron chi connectivity index (χ0n) is 17.2. The van der Waals surface area contributed by atoms with Gasteiger partial charge in [-0.15, -0.1) is 11.8 Å². The minimum atomic E-state index is -0.148. The van der Waals surface area contributed by atoms with Crippen LogP contribution in [0.5, 0.6) is 23.0 Å². The van der Waals surface area contributed by atoms with Crippen molar-refractivity contribution in [3.05, 3.63) is 42.0 Å². The van der Waals surface area contributed by atoms with Crippen LogP contribution in [0.3, 0.4) is 0 Å². The topological polar surface area (TPSA) is 66.0 Å². The molecule has 0 aliphatic carbocycles. The fourth-order valence-electron chi connectivity index (χ4n) is 2.93. The van der Waals surface area contributed by atoms with Crippen molar-refractivity contribution in [1.82, 2.24) is 5.32 Å². The summed E-state index contributed by atoms with van der Waals surface area (Å²) in [6.07, 6.45) is 0.0597. The number of thioether (sulfide) groups is 1. The summed E-state index contributed by atoms with van der Waals surface area (Å²) < 4.78 is 22.3. The van der Waals surface area contributed by atoms with Crippen molar-refractivity contribution in [2.75, 3.05) is 26.1 Å². The minimum Gasteiger partial charge on any atom is -0.493 e.